The molecule has 1 saturated heterocycles. The van der Waals surface area contributed by atoms with Crippen LogP contribution >= 0.6 is 27.5 Å². The SMILES string of the molecule is ClCc1cc(OC2CCOC2)ccc1Br. The zero-order valence-corrected chi connectivity index (χ0v) is 10.6. The van der Waals surface area contributed by atoms with Gasteiger partial charge in [-0.1, -0.05) is 15.9 Å². The van der Waals surface area contributed by atoms with Gasteiger partial charge in [-0.15, -0.1) is 11.6 Å². The van der Waals surface area contributed by atoms with E-state index in [1.54, 1.807) is 0 Å². The molecule has 0 saturated carbocycles. The van der Waals surface area contributed by atoms with Crippen LogP contribution in [0.5, 0.6) is 5.75 Å². The van der Waals surface area contributed by atoms with Crippen LogP contribution in [0.2, 0.25) is 0 Å². The van der Waals surface area contributed by atoms with Crippen molar-refractivity contribution in [1.29, 1.82) is 0 Å². The Bertz CT molecular complexity index is 337. The Hall–Kier alpha value is -0.250. The highest BCUT2D eigenvalue weighted by molar-refractivity contribution is 9.10. The van der Waals surface area contributed by atoms with Crippen LogP contribution in [0.1, 0.15) is 12.0 Å². The molecule has 15 heavy (non-hydrogen) atoms. The maximum atomic E-state index is 5.81. The smallest absolute Gasteiger partial charge is 0.124 e. The van der Waals surface area contributed by atoms with E-state index in [-0.39, 0.29) is 6.10 Å². The lowest BCUT2D eigenvalue weighted by Crippen LogP contribution is -2.15. The van der Waals surface area contributed by atoms with Crippen molar-refractivity contribution in [1.82, 2.24) is 0 Å². The Balaban J connectivity index is 2.07. The van der Waals surface area contributed by atoms with E-state index in [0.29, 0.717) is 12.5 Å². The van der Waals surface area contributed by atoms with Crippen LogP contribution in [0.3, 0.4) is 0 Å². The molecule has 2 nitrogen and oxygen atoms in total. The fraction of sp³-hybridized carbons (Fsp3) is 0.455. The second-order valence-electron chi connectivity index (χ2n) is 3.49. The van der Waals surface area contributed by atoms with Gasteiger partial charge >= 0.3 is 0 Å². The molecule has 0 spiro atoms. The van der Waals surface area contributed by atoms with Gasteiger partial charge in [0.1, 0.15) is 11.9 Å². The number of ether oxygens (including phenoxy) is 2. The highest BCUT2D eigenvalue weighted by atomic mass is 79.9. The van der Waals surface area contributed by atoms with Crippen molar-refractivity contribution in [2.75, 3.05) is 13.2 Å². The molecule has 0 radical (unpaired) electrons. The predicted octanol–water partition coefficient (Wildman–Crippen LogP) is 3.36. The summed E-state index contributed by atoms with van der Waals surface area (Å²) in [6.07, 6.45) is 1.15. The Kier molecular flexibility index (Phi) is 3.89. The molecule has 1 aromatic carbocycles. The molecule has 1 aliphatic heterocycles. The van der Waals surface area contributed by atoms with Crippen LogP contribution in [0.15, 0.2) is 22.7 Å². The molecule has 82 valence electrons. The average molecular weight is 292 g/mol. The molecule has 0 bridgehead atoms. The molecule has 1 unspecified atom stereocenters. The largest absolute Gasteiger partial charge is 0.488 e. The Morgan fingerprint density at radius 1 is 1.53 bits per heavy atom. The molecule has 4 heteroatoms. The Morgan fingerprint density at radius 3 is 3.07 bits per heavy atom. The maximum Gasteiger partial charge on any atom is 0.124 e. The third-order valence-corrected chi connectivity index (χ3v) is 3.41. The van der Waals surface area contributed by atoms with Crippen LogP contribution in [-0.4, -0.2) is 19.3 Å². The highest BCUT2D eigenvalue weighted by Crippen LogP contribution is 2.25. The summed E-state index contributed by atoms with van der Waals surface area (Å²) < 4.78 is 12.0. The lowest BCUT2D eigenvalue weighted by molar-refractivity contribution is 0.141. The zero-order valence-electron chi connectivity index (χ0n) is 8.21. The van der Waals surface area contributed by atoms with Gasteiger partial charge < -0.3 is 9.47 Å². The first-order chi connectivity index (χ1) is 7.29. The van der Waals surface area contributed by atoms with Gasteiger partial charge in [-0.05, 0) is 23.8 Å². The van der Waals surface area contributed by atoms with Crippen LogP contribution in [0.4, 0.5) is 0 Å². The summed E-state index contributed by atoms with van der Waals surface area (Å²) in [4.78, 5) is 0. The molecular weight excluding hydrogens is 279 g/mol. The second kappa shape index (κ2) is 5.19. The molecule has 0 aromatic heterocycles. The number of alkyl halides is 1. The van der Waals surface area contributed by atoms with E-state index in [0.717, 1.165) is 28.8 Å². The quantitative estimate of drug-likeness (QED) is 0.795. The minimum absolute atomic E-state index is 0.189. The van der Waals surface area contributed by atoms with Gasteiger partial charge in [0.2, 0.25) is 0 Å². The summed E-state index contributed by atoms with van der Waals surface area (Å²) in [6, 6.07) is 5.87. The normalized spacial score (nSPS) is 20.5. The number of hydrogen-bond donors (Lipinski definition) is 0. The molecule has 2 rings (SSSR count). The molecule has 1 aromatic rings. The van der Waals surface area contributed by atoms with Gasteiger partial charge in [-0.3, -0.25) is 0 Å². The molecule has 0 amide bonds. The van der Waals surface area contributed by atoms with E-state index < -0.39 is 0 Å². The van der Waals surface area contributed by atoms with Gasteiger partial charge in [0, 0.05) is 16.8 Å². The minimum atomic E-state index is 0.189. The van der Waals surface area contributed by atoms with E-state index in [4.69, 9.17) is 21.1 Å². The van der Waals surface area contributed by atoms with Gasteiger partial charge in [-0.2, -0.15) is 0 Å². The Labute approximate surface area is 103 Å². The molecule has 1 atom stereocenters. The molecular formula is C11H12BrClO2. The van der Waals surface area contributed by atoms with Crippen LogP contribution < -0.4 is 4.74 Å². The highest BCUT2D eigenvalue weighted by Gasteiger charge is 2.17. The summed E-state index contributed by atoms with van der Waals surface area (Å²) in [5.74, 6) is 1.35. The molecule has 1 fully saturated rings. The zero-order chi connectivity index (χ0) is 10.7. The summed E-state index contributed by atoms with van der Waals surface area (Å²) in [5.41, 5.74) is 1.05. The standard InChI is InChI=1S/C11H12BrClO2/c12-11-2-1-9(5-8(11)6-13)15-10-3-4-14-7-10/h1-2,5,10H,3-4,6-7H2. The summed E-state index contributed by atoms with van der Waals surface area (Å²) in [6.45, 7) is 1.48. The van der Waals surface area contributed by atoms with Crippen molar-refractivity contribution in [2.45, 2.75) is 18.4 Å². The lowest BCUT2D eigenvalue weighted by Gasteiger charge is -2.12. The molecule has 1 aliphatic rings. The van der Waals surface area contributed by atoms with Crippen molar-refractivity contribution in [3.63, 3.8) is 0 Å². The van der Waals surface area contributed by atoms with E-state index in [1.165, 1.54) is 0 Å². The third kappa shape index (κ3) is 2.86. The van der Waals surface area contributed by atoms with Gasteiger partial charge in [-0.25, -0.2) is 0 Å². The molecule has 0 aliphatic carbocycles. The van der Waals surface area contributed by atoms with Gasteiger partial charge in [0.15, 0.2) is 0 Å². The fourth-order valence-corrected chi connectivity index (χ4v) is 2.29. The average Bonchev–Trinajstić information content (AvgIpc) is 2.73. The van der Waals surface area contributed by atoms with E-state index in [2.05, 4.69) is 15.9 Å². The van der Waals surface area contributed by atoms with Gasteiger partial charge in [0.05, 0.1) is 13.2 Å². The van der Waals surface area contributed by atoms with Gasteiger partial charge in [0.25, 0.3) is 0 Å². The first-order valence-corrected chi connectivity index (χ1v) is 6.21. The van der Waals surface area contributed by atoms with E-state index >= 15 is 0 Å². The van der Waals surface area contributed by atoms with Crippen LogP contribution in [0, 0.1) is 0 Å². The first-order valence-electron chi connectivity index (χ1n) is 4.88. The van der Waals surface area contributed by atoms with Crippen molar-refractivity contribution in [2.24, 2.45) is 0 Å². The summed E-state index contributed by atoms with van der Waals surface area (Å²) in [7, 11) is 0. The number of rotatable bonds is 3. The first kappa shape index (κ1) is 11.2. The van der Waals surface area contributed by atoms with Crippen molar-refractivity contribution in [3.8, 4) is 5.75 Å². The van der Waals surface area contributed by atoms with Crippen LogP contribution in [-0.2, 0) is 10.6 Å². The fourth-order valence-electron chi connectivity index (χ4n) is 1.53. The monoisotopic (exact) mass is 290 g/mol. The van der Waals surface area contributed by atoms with Crippen LogP contribution in [0.25, 0.3) is 0 Å². The summed E-state index contributed by atoms with van der Waals surface area (Å²) in [5, 5.41) is 0. The maximum absolute atomic E-state index is 5.81. The lowest BCUT2D eigenvalue weighted by atomic mass is 10.2. The second-order valence-corrected chi connectivity index (χ2v) is 4.61. The van der Waals surface area contributed by atoms with Crippen molar-refractivity contribution >= 4 is 27.5 Å². The number of benzene rings is 1. The van der Waals surface area contributed by atoms with E-state index in [1.807, 2.05) is 18.2 Å². The van der Waals surface area contributed by atoms with Crippen molar-refractivity contribution < 1.29 is 9.47 Å². The molecule has 1 heterocycles. The third-order valence-electron chi connectivity index (χ3n) is 2.35. The topological polar surface area (TPSA) is 18.5 Å². The van der Waals surface area contributed by atoms with E-state index in [9.17, 15) is 0 Å². The minimum Gasteiger partial charge on any atom is -0.488 e. The summed E-state index contributed by atoms with van der Waals surface area (Å²) >= 11 is 9.25. The number of halogens is 2. The van der Waals surface area contributed by atoms with Crippen molar-refractivity contribution in [3.05, 3.63) is 28.2 Å². The molecule has 0 N–H and O–H groups in total. The predicted molar refractivity (Wildman–Crippen MR) is 63.6 cm³/mol. The Morgan fingerprint density at radius 2 is 2.40 bits per heavy atom. The number of hydrogen-bond acceptors (Lipinski definition) is 2.